The molecule has 0 rings (SSSR count). The second-order valence-corrected chi connectivity index (χ2v) is 6.93. The van der Waals surface area contributed by atoms with Gasteiger partial charge in [0.2, 0.25) is 0 Å². The Balaban J connectivity index is 4.44. The number of aliphatic hydroxyl groups is 1. The largest absolute Gasteiger partial charge is 0.467 e. The summed E-state index contributed by atoms with van der Waals surface area (Å²) in [6.45, 7) is 8.00. The van der Waals surface area contributed by atoms with E-state index < -0.39 is 19.9 Å². The van der Waals surface area contributed by atoms with Gasteiger partial charge in [-0.2, -0.15) is 5.26 Å². The third-order valence-electron chi connectivity index (χ3n) is 2.78. The van der Waals surface area contributed by atoms with Crippen molar-refractivity contribution in [2.75, 3.05) is 13.2 Å². The summed E-state index contributed by atoms with van der Waals surface area (Å²) in [7, 11) is -1.95. The molecule has 3 atom stereocenters. The highest BCUT2D eigenvalue weighted by molar-refractivity contribution is 7.42. The highest BCUT2D eigenvalue weighted by Crippen LogP contribution is 2.38. The molecule has 21 heavy (non-hydrogen) atoms. The van der Waals surface area contributed by atoms with E-state index in [9.17, 15) is 9.67 Å². The zero-order valence-electron chi connectivity index (χ0n) is 13.2. The van der Waals surface area contributed by atoms with Crippen LogP contribution in [0.2, 0.25) is 0 Å². The highest BCUT2D eigenvalue weighted by Gasteiger charge is 2.41. The molecule has 0 spiro atoms. The lowest BCUT2D eigenvalue weighted by Gasteiger charge is -2.21. The molecule has 0 aliphatic heterocycles. The van der Waals surface area contributed by atoms with Crippen molar-refractivity contribution >= 4 is 7.95 Å². The minimum atomic E-state index is -1.95. The van der Waals surface area contributed by atoms with Crippen LogP contribution in [0.25, 0.3) is 0 Å². The summed E-state index contributed by atoms with van der Waals surface area (Å²) in [6.07, 6.45) is -0.227. The summed E-state index contributed by atoms with van der Waals surface area (Å²) in [6, 6.07) is 2.04. The van der Waals surface area contributed by atoms with Crippen molar-refractivity contribution < 1.29 is 19.4 Å². The fourth-order valence-corrected chi connectivity index (χ4v) is 3.57. The maximum Gasteiger partial charge on any atom is 0.467 e. The van der Waals surface area contributed by atoms with Crippen molar-refractivity contribution in [2.45, 2.75) is 64.6 Å². The van der Waals surface area contributed by atoms with Crippen LogP contribution in [0.15, 0.2) is 0 Å². The lowest BCUT2D eigenvalue weighted by molar-refractivity contribution is -0.323. The van der Waals surface area contributed by atoms with Gasteiger partial charge in [-0.15, -0.1) is 0 Å². The average Bonchev–Trinajstić information content (AvgIpc) is 2.41. The molecule has 0 amide bonds. The molecule has 0 aliphatic rings. The van der Waals surface area contributed by atoms with Crippen molar-refractivity contribution in [3.63, 3.8) is 0 Å². The predicted octanol–water partition coefficient (Wildman–Crippen LogP) is 1.75. The first-order chi connectivity index (χ1) is 9.84. The van der Waals surface area contributed by atoms with Gasteiger partial charge in [-0.25, -0.2) is 9.78 Å². The molecule has 8 heteroatoms. The molecule has 2 unspecified atom stereocenters. The van der Waals surface area contributed by atoms with Gasteiger partial charge in [0.1, 0.15) is 6.10 Å². The Morgan fingerprint density at radius 1 is 1.33 bits per heavy atom. The van der Waals surface area contributed by atoms with Crippen LogP contribution in [0.3, 0.4) is 0 Å². The molecule has 3 N–H and O–H groups in total. The molecule has 0 aromatic carbocycles. The third kappa shape index (κ3) is 7.82. The van der Waals surface area contributed by atoms with Gasteiger partial charge in [0.15, 0.2) is 0 Å². The molecule has 0 aromatic heterocycles. The summed E-state index contributed by atoms with van der Waals surface area (Å²) in [5.41, 5.74) is 5.54. The van der Waals surface area contributed by atoms with Crippen LogP contribution in [0.5, 0.6) is 0 Å². The van der Waals surface area contributed by atoms with E-state index in [2.05, 4.69) is 0 Å². The number of hydrogen-bond donors (Lipinski definition) is 2. The molecular weight excluding hydrogens is 293 g/mol. The van der Waals surface area contributed by atoms with E-state index in [1.807, 2.05) is 33.8 Å². The van der Waals surface area contributed by atoms with Gasteiger partial charge in [-0.3, -0.25) is 0 Å². The highest BCUT2D eigenvalue weighted by atomic mass is 31.1. The maximum atomic E-state index is 12.4. The van der Waals surface area contributed by atoms with Gasteiger partial charge in [0.05, 0.1) is 25.5 Å². The van der Waals surface area contributed by atoms with Gasteiger partial charge in [-0.05, 0) is 32.3 Å². The number of nitrogens with two attached hydrogens (primary N) is 1. The third-order valence-corrected chi connectivity index (χ3v) is 4.88. The summed E-state index contributed by atoms with van der Waals surface area (Å²) in [5, 5.41) is 18.5. The van der Waals surface area contributed by atoms with Gasteiger partial charge >= 0.3 is 7.95 Å². The average molecular weight is 320 g/mol. The minimum Gasteiger partial charge on any atom is -0.349 e. The quantitative estimate of drug-likeness (QED) is 0.258. The van der Waals surface area contributed by atoms with Crippen molar-refractivity contribution in [1.29, 1.82) is 5.26 Å². The fraction of sp³-hybridized carbons (Fsp3) is 0.923. The zero-order chi connectivity index (χ0) is 16.4. The smallest absolute Gasteiger partial charge is 0.349 e. The molecular formula is C13H27N3O4P+. The van der Waals surface area contributed by atoms with Gasteiger partial charge < -0.3 is 10.8 Å². The second kappa shape index (κ2) is 11.0. The monoisotopic (exact) mass is 320 g/mol. The normalized spacial score (nSPS) is 15.3. The van der Waals surface area contributed by atoms with Crippen LogP contribution in [-0.4, -0.2) is 47.0 Å². The molecule has 0 saturated carbocycles. The van der Waals surface area contributed by atoms with E-state index in [1.54, 1.807) is 4.67 Å². The standard InChI is InChI=1S/C13H27N3O4P/c1-10(2)16(11(3)4)21(18)13(17)8-12(9-15)20-19-7-5-6-14/h10-13,17H,5,7-9,15H2,1-4H3/q+1/t12?,13-/m1/s1. The summed E-state index contributed by atoms with van der Waals surface area (Å²) in [5.74, 6) is -1.04. The second-order valence-electron chi connectivity index (χ2n) is 5.27. The van der Waals surface area contributed by atoms with E-state index in [-0.39, 0.29) is 38.1 Å². The van der Waals surface area contributed by atoms with Crippen LogP contribution in [0.1, 0.15) is 40.5 Å². The predicted molar refractivity (Wildman–Crippen MR) is 80.5 cm³/mol. The Morgan fingerprint density at radius 3 is 2.33 bits per heavy atom. The van der Waals surface area contributed by atoms with Crippen molar-refractivity contribution in [3.8, 4) is 6.07 Å². The SMILES string of the molecule is CC(C)N(C(C)C)[P+](=O)[C@@H](O)CC(CN)OOCCC#N. The number of rotatable bonds is 11. The summed E-state index contributed by atoms with van der Waals surface area (Å²) < 4.78 is 14.2. The Hall–Kier alpha value is -0.610. The number of hydrogen-bond acceptors (Lipinski definition) is 6. The van der Waals surface area contributed by atoms with Crippen LogP contribution in [0, 0.1) is 11.3 Å². The van der Waals surface area contributed by atoms with Crippen molar-refractivity contribution in [1.82, 2.24) is 4.67 Å². The van der Waals surface area contributed by atoms with Crippen molar-refractivity contribution in [3.05, 3.63) is 0 Å². The van der Waals surface area contributed by atoms with Crippen LogP contribution >= 0.6 is 7.95 Å². The van der Waals surface area contributed by atoms with Crippen LogP contribution < -0.4 is 5.73 Å². The van der Waals surface area contributed by atoms with E-state index >= 15 is 0 Å². The maximum absolute atomic E-state index is 12.4. The molecule has 0 heterocycles. The summed E-state index contributed by atoms with van der Waals surface area (Å²) in [4.78, 5) is 9.87. The van der Waals surface area contributed by atoms with Crippen molar-refractivity contribution in [2.24, 2.45) is 5.73 Å². The number of nitriles is 1. The fourth-order valence-electron chi connectivity index (χ4n) is 1.94. The molecule has 0 bridgehead atoms. The first-order valence-corrected chi connectivity index (χ1v) is 8.41. The van der Waals surface area contributed by atoms with Gasteiger partial charge in [0, 0.05) is 18.6 Å². The van der Waals surface area contributed by atoms with E-state index in [0.29, 0.717) is 0 Å². The Labute approximate surface area is 127 Å². The van der Waals surface area contributed by atoms with Crippen LogP contribution in [0.4, 0.5) is 0 Å². The first kappa shape index (κ1) is 20.4. The molecule has 0 radical (unpaired) electrons. The Kier molecular flexibility index (Phi) is 10.7. The molecule has 0 fully saturated rings. The topological polar surface area (TPSA) is 109 Å². The van der Waals surface area contributed by atoms with Gasteiger partial charge in [0.25, 0.3) is 5.85 Å². The number of nitrogens with zero attached hydrogens (tertiary/aromatic N) is 2. The Morgan fingerprint density at radius 2 is 1.90 bits per heavy atom. The molecule has 0 aromatic rings. The molecule has 122 valence electrons. The molecule has 7 nitrogen and oxygen atoms in total. The molecule has 0 aliphatic carbocycles. The minimum absolute atomic E-state index is 0.0624. The molecule has 0 saturated heterocycles. The van der Waals surface area contributed by atoms with Gasteiger partial charge in [-0.1, -0.05) is 4.67 Å². The first-order valence-electron chi connectivity index (χ1n) is 7.13. The van der Waals surface area contributed by atoms with E-state index in [0.717, 1.165) is 0 Å². The lowest BCUT2D eigenvalue weighted by Crippen LogP contribution is -2.35. The van der Waals surface area contributed by atoms with E-state index in [1.165, 1.54) is 0 Å². The van der Waals surface area contributed by atoms with E-state index in [4.69, 9.17) is 20.8 Å². The summed E-state index contributed by atoms with van der Waals surface area (Å²) >= 11 is 0. The Bertz CT molecular complexity index is 339. The number of aliphatic hydroxyl groups excluding tert-OH is 1. The lowest BCUT2D eigenvalue weighted by atomic mass is 10.3. The van der Waals surface area contributed by atoms with Crippen LogP contribution in [-0.2, 0) is 14.3 Å². The zero-order valence-corrected chi connectivity index (χ0v) is 14.1.